The lowest BCUT2D eigenvalue weighted by molar-refractivity contribution is 0.0603. The molecule has 1 atom stereocenters. The summed E-state index contributed by atoms with van der Waals surface area (Å²) in [7, 11) is -2.44. The molecular formula is C12H18N2O6S. The van der Waals surface area contributed by atoms with Crippen LogP contribution in [0.4, 0.5) is 5.69 Å². The molecule has 0 aliphatic heterocycles. The highest BCUT2D eigenvalue weighted by atomic mass is 32.2. The van der Waals surface area contributed by atoms with Crippen LogP contribution in [-0.2, 0) is 14.8 Å². The molecule has 0 aromatic heterocycles. The van der Waals surface area contributed by atoms with Gasteiger partial charge in [0.15, 0.2) is 0 Å². The van der Waals surface area contributed by atoms with Crippen LogP contribution in [0.5, 0.6) is 0 Å². The number of carboxylic acid groups (broad SMARTS) is 1. The van der Waals surface area contributed by atoms with E-state index in [9.17, 15) is 18.3 Å². The van der Waals surface area contributed by atoms with Crippen molar-refractivity contribution in [3.8, 4) is 0 Å². The molecule has 5 N–H and O–H groups in total. The Morgan fingerprint density at radius 1 is 1.48 bits per heavy atom. The summed E-state index contributed by atoms with van der Waals surface area (Å²) in [6, 6.07) is 3.37. The first-order valence-electron chi connectivity index (χ1n) is 6.07. The number of hydrogen-bond acceptors (Lipinski definition) is 6. The summed E-state index contributed by atoms with van der Waals surface area (Å²) in [5.74, 6) is -1.19. The summed E-state index contributed by atoms with van der Waals surface area (Å²) in [5, 5.41) is 18.2. The molecule has 0 aliphatic carbocycles. The summed E-state index contributed by atoms with van der Waals surface area (Å²) < 4.78 is 31.1. The van der Waals surface area contributed by atoms with E-state index in [2.05, 4.69) is 4.72 Å². The largest absolute Gasteiger partial charge is 0.478 e. The van der Waals surface area contributed by atoms with E-state index in [-0.39, 0.29) is 35.7 Å². The number of nitrogen functional groups attached to an aromatic ring is 1. The molecule has 118 valence electrons. The summed E-state index contributed by atoms with van der Waals surface area (Å²) in [6.45, 7) is 0.115. The van der Waals surface area contributed by atoms with Crippen LogP contribution in [0.15, 0.2) is 23.1 Å². The van der Waals surface area contributed by atoms with Crippen molar-refractivity contribution in [2.75, 3.05) is 26.0 Å². The zero-order valence-electron chi connectivity index (χ0n) is 11.4. The van der Waals surface area contributed by atoms with Crippen molar-refractivity contribution in [1.82, 2.24) is 4.72 Å². The normalized spacial score (nSPS) is 13.0. The number of aromatic carboxylic acids is 1. The van der Waals surface area contributed by atoms with Crippen LogP contribution in [0.25, 0.3) is 0 Å². The highest BCUT2D eigenvalue weighted by Gasteiger charge is 2.19. The molecule has 0 spiro atoms. The van der Waals surface area contributed by atoms with E-state index in [1.807, 2.05) is 0 Å². The van der Waals surface area contributed by atoms with E-state index in [0.29, 0.717) is 0 Å². The van der Waals surface area contributed by atoms with Gasteiger partial charge in [-0.3, -0.25) is 0 Å². The standard InChI is InChI=1S/C12H18N2O6S/c1-20-7-9(15)4-5-14-21(18,19)11-3-2-8(12(16)17)6-10(11)13/h2-3,6,9,14-15H,4-5,7,13H2,1H3,(H,16,17). The van der Waals surface area contributed by atoms with Crippen molar-refractivity contribution in [3.63, 3.8) is 0 Å². The number of carboxylic acids is 1. The second-order valence-electron chi connectivity index (χ2n) is 4.35. The van der Waals surface area contributed by atoms with Gasteiger partial charge in [-0.25, -0.2) is 17.9 Å². The molecule has 21 heavy (non-hydrogen) atoms. The summed E-state index contributed by atoms with van der Waals surface area (Å²) in [5.41, 5.74) is 5.32. The van der Waals surface area contributed by atoms with Crippen molar-refractivity contribution in [2.45, 2.75) is 17.4 Å². The zero-order chi connectivity index (χ0) is 16.0. The minimum Gasteiger partial charge on any atom is -0.478 e. The SMILES string of the molecule is COCC(O)CCNS(=O)(=O)c1ccc(C(=O)O)cc1N. The van der Waals surface area contributed by atoms with E-state index < -0.39 is 22.1 Å². The first-order chi connectivity index (χ1) is 9.77. The molecule has 1 aromatic carbocycles. The van der Waals surface area contributed by atoms with Crippen LogP contribution in [0.1, 0.15) is 16.8 Å². The third kappa shape index (κ3) is 4.97. The van der Waals surface area contributed by atoms with Gasteiger partial charge in [0, 0.05) is 13.7 Å². The highest BCUT2D eigenvalue weighted by Crippen LogP contribution is 2.19. The Morgan fingerprint density at radius 3 is 2.67 bits per heavy atom. The smallest absolute Gasteiger partial charge is 0.335 e. The number of nitrogens with one attached hydrogen (secondary N) is 1. The van der Waals surface area contributed by atoms with Crippen LogP contribution < -0.4 is 10.5 Å². The quantitative estimate of drug-likeness (QED) is 0.480. The molecule has 8 nitrogen and oxygen atoms in total. The Kier molecular flexibility index (Phi) is 6.09. The molecule has 0 fully saturated rings. The number of sulfonamides is 1. The van der Waals surface area contributed by atoms with Crippen LogP contribution >= 0.6 is 0 Å². The predicted octanol–water partition coefficient (Wildman–Crippen LogP) is -0.357. The Labute approximate surface area is 122 Å². The van der Waals surface area contributed by atoms with Crippen molar-refractivity contribution in [2.24, 2.45) is 0 Å². The molecular weight excluding hydrogens is 300 g/mol. The van der Waals surface area contributed by atoms with E-state index in [1.165, 1.54) is 7.11 Å². The molecule has 0 amide bonds. The van der Waals surface area contributed by atoms with Gasteiger partial charge in [0.1, 0.15) is 4.90 Å². The maximum Gasteiger partial charge on any atom is 0.335 e. The number of carbonyl (C=O) groups is 1. The number of anilines is 1. The third-order valence-corrected chi connectivity index (χ3v) is 4.21. The highest BCUT2D eigenvalue weighted by molar-refractivity contribution is 7.89. The van der Waals surface area contributed by atoms with E-state index in [4.69, 9.17) is 15.6 Å². The molecule has 0 saturated heterocycles. The Balaban J connectivity index is 2.77. The lowest BCUT2D eigenvalue weighted by atomic mass is 10.2. The first-order valence-corrected chi connectivity index (χ1v) is 7.55. The predicted molar refractivity (Wildman–Crippen MR) is 75.5 cm³/mol. The van der Waals surface area contributed by atoms with Crippen LogP contribution in [0.2, 0.25) is 0 Å². The number of methoxy groups -OCH3 is 1. The molecule has 1 rings (SSSR count). The Hall–Kier alpha value is -1.68. The van der Waals surface area contributed by atoms with Crippen LogP contribution in [0.3, 0.4) is 0 Å². The lowest BCUT2D eigenvalue weighted by Crippen LogP contribution is -2.29. The Morgan fingerprint density at radius 2 is 2.14 bits per heavy atom. The number of aliphatic hydroxyl groups excluding tert-OH is 1. The number of rotatable bonds is 8. The molecule has 1 aromatic rings. The first kappa shape index (κ1) is 17.4. The number of nitrogens with two attached hydrogens (primary N) is 1. The minimum absolute atomic E-state index is 0.00693. The van der Waals surface area contributed by atoms with E-state index in [0.717, 1.165) is 18.2 Å². The number of aliphatic hydroxyl groups is 1. The zero-order valence-corrected chi connectivity index (χ0v) is 12.3. The topological polar surface area (TPSA) is 139 Å². The summed E-state index contributed by atoms with van der Waals surface area (Å²) >= 11 is 0. The molecule has 0 heterocycles. The molecule has 0 aliphatic rings. The van der Waals surface area contributed by atoms with Crippen molar-refractivity contribution in [1.29, 1.82) is 0 Å². The maximum atomic E-state index is 12.0. The second-order valence-corrected chi connectivity index (χ2v) is 6.09. The second kappa shape index (κ2) is 7.36. The summed E-state index contributed by atoms with van der Waals surface area (Å²) in [4.78, 5) is 10.6. The number of benzene rings is 1. The fraction of sp³-hybridized carbons (Fsp3) is 0.417. The van der Waals surface area contributed by atoms with Gasteiger partial charge in [0.2, 0.25) is 10.0 Å². The average molecular weight is 318 g/mol. The molecule has 0 bridgehead atoms. The van der Waals surface area contributed by atoms with E-state index in [1.54, 1.807) is 0 Å². The molecule has 0 saturated carbocycles. The van der Waals surface area contributed by atoms with Gasteiger partial charge >= 0.3 is 5.97 Å². The number of ether oxygens (including phenoxy) is 1. The van der Waals surface area contributed by atoms with Gasteiger partial charge in [-0.2, -0.15) is 0 Å². The van der Waals surface area contributed by atoms with Crippen molar-refractivity contribution >= 4 is 21.7 Å². The molecule has 1 unspecified atom stereocenters. The van der Waals surface area contributed by atoms with Crippen molar-refractivity contribution in [3.05, 3.63) is 23.8 Å². The van der Waals surface area contributed by atoms with Crippen LogP contribution in [0, 0.1) is 0 Å². The number of hydrogen-bond donors (Lipinski definition) is 4. The van der Waals surface area contributed by atoms with Gasteiger partial charge in [0.25, 0.3) is 0 Å². The molecule has 0 radical (unpaired) electrons. The maximum absolute atomic E-state index is 12.0. The average Bonchev–Trinajstić information content (AvgIpc) is 2.38. The lowest BCUT2D eigenvalue weighted by Gasteiger charge is -2.12. The van der Waals surface area contributed by atoms with E-state index >= 15 is 0 Å². The van der Waals surface area contributed by atoms with Gasteiger partial charge in [-0.05, 0) is 24.6 Å². The summed E-state index contributed by atoms with van der Waals surface area (Å²) in [6.07, 6.45) is -0.593. The van der Waals surface area contributed by atoms with Gasteiger partial charge in [-0.15, -0.1) is 0 Å². The van der Waals surface area contributed by atoms with Gasteiger partial charge in [-0.1, -0.05) is 0 Å². The monoisotopic (exact) mass is 318 g/mol. The van der Waals surface area contributed by atoms with Crippen molar-refractivity contribution < 1.29 is 28.2 Å². The van der Waals surface area contributed by atoms with Crippen LogP contribution in [-0.4, -0.2) is 51.0 Å². The third-order valence-electron chi connectivity index (χ3n) is 2.67. The fourth-order valence-corrected chi connectivity index (χ4v) is 2.80. The van der Waals surface area contributed by atoms with Gasteiger partial charge < -0.3 is 20.7 Å². The minimum atomic E-state index is -3.86. The fourth-order valence-electron chi connectivity index (χ4n) is 1.64. The molecule has 9 heteroatoms. The Bertz CT molecular complexity index is 602. The van der Waals surface area contributed by atoms with Gasteiger partial charge in [0.05, 0.1) is 24.0 Å².